The van der Waals surface area contributed by atoms with Crippen LogP contribution in [0.2, 0.25) is 0 Å². The first-order chi connectivity index (χ1) is 8.59. The zero-order chi connectivity index (χ0) is 13.4. The molecule has 0 fully saturated rings. The van der Waals surface area contributed by atoms with Crippen molar-refractivity contribution in [2.45, 2.75) is 12.5 Å². The summed E-state index contributed by atoms with van der Waals surface area (Å²) in [5, 5.41) is 11.3. The second-order valence-corrected chi connectivity index (χ2v) is 4.83. The van der Waals surface area contributed by atoms with Gasteiger partial charge in [0.05, 0.1) is 0 Å². The van der Waals surface area contributed by atoms with Crippen molar-refractivity contribution >= 4 is 29.3 Å². The molecule has 0 bridgehead atoms. The fourth-order valence-electron chi connectivity index (χ4n) is 1.19. The average Bonchev–Trinajstić information content (AvgIpc) is 2.35. The number of para-hydroxylation sites is 1. The highest BCUT2D eigenvalue weighted by Crippen LogP contribution is 2.08. The molecule has 0 aliphatic carbocycles. The summed E-state index contributed by atoms with van der Waals surface area (Å²) in [4.78, 5) is 22.0. The third-order valence-electron chi connectivity index (χ3n) is 2.15. The Morgan fingerprint density at radius 3 is 2.61 bits per heavy atom. The zero-order valence-corrected chi connectivity index (χ0v) is 10.7. The predicted octanol–water partition coefficient (Wildman–Crippen LogP) is 1.16. The van der Waals surface area contributed by atoms with Crippen molar-refractivity contribution in [3.8, 4) is 0 Å². The molecule has 0 saturated carbocycles. The van der Waals surface area contributed by atoms with E-state index in [0.29, 0.717) is 17.9 Å². The SMILES string of the molecule is NC(CSCCC(=O)Nc1ccccc1)C(=O)O. The molecule has 98 valence electrons. The smallest absolute Gasteiger partial charge is 0.321 e. The summed E-state index contributed by atoms with van der Waals surface area (Å²) in [7, 11) is 0. The fraction of sp³-hybridized carbons (Fsp3) is 0.333. The third kappa shape index (κ3) is 5.70. The number of thioether (sulfide) groups is 1. The predicted molar refractivity (Wildman–Crippen MR) is 72.6 cm³/mol. The van der Waals surface area contributed by atoms with Crippen LogP contribution in [0.3, 0.4) is 0 Å². The fourth-order valence-corrected chi connectivity index (χ4v) is 2.08. The van der Waals surface area contributed by atoms with Gasteiger partial charge in [0.15, 0.2) is 0 Å². The van der Waals surface area contributed by atoms with Gasteiger partial charge in [-0.25, -0.2) is 0 Å². The van der Waals surface area contributed by atoms with E-state index in [4.69, 9.17) is 10.8 Å². The van der Waals surface area contributed by atoms with Crippen molar-refractivity contribution in [2.24, 2.45) is 5.73 Å². The van der Waals surface area contributed by atoms with E-state index in [9.17, 15) is 9.59 Å². The van der Waals surface area contributed by atoms with Crippen molar-refractivity contribution in [3.05, 3.63) is 30.3 Å². The van der Waals surface area contributed by atoms with E-state index in [0.717, 1.165) is 5.69 Å². The number of hydrogen-bond acceptors (Lipinski definition) is 4. The number of amides is 1. The lowest BCUT2D eigenvalue weighted by Gasteiger charge is -2.06. The Balaban J connectivity index is 2.16. The quantitative estimate of drug-likeness (QED) is 0.645. The van der Waals surface area contributed by atoms with Gasteiger partial charge in [-0.15, -0.1) is 0 Å². The van der Waals surface area contributed by atoms with Crippen LogP contribution in [0.5, 0.6) is 0 Å². The summed E-state index contributed by atoms with van der Waals surface area (Å²) >= 11 is 1.36. The summed E-state index contributed by atoms with van der Waals surface area (Å²) in [6.45, 7) is 0. The number of nitrogens with one attached hydrogen (secondary N) is 1. The number of anilines is 1. The first kappa shape index (κ1) is 14.5. The van der Waals surface area contributed by atoms with E-state index < -0.39 is 12.0 Å². The molecule has 1 aromatic rings. The van der Waals surface area contributed by atoms with Gasteiger partial charge < -0.3 is 16.2 Å². The van der Waals surface area contributed by atoms with E-state index in [-0.39, 0.29) is 5.91 Å². The zero-order valence-electron chi connectivity index (χ0n) is 9.83. The Kier molecular flexibility index (Phi) is 6.24. The largest absolute Gasteiger partial charge is 0.480 e. The monoisotopic (exact) mass is 268 g/mol. The molecule has 4 N–H and O–H groups in total. The molecule has 0 aromatic heterocycles. The molecule has 5 nitrogen and oxygen atoms in total. The molecule has 0 heterocycles. The summed E-state index contributed by atoms with van der Waals surface area (Å²) in [6.07, 6.45) is 0.339. The molecule has 0 aliphatic rings. The van der Waals surface area contributed by atoms with E-state index in [2.05, 4.69) is 5.32 Å². The molecule has 0 spiro atoms. The van der Waals surface area contributed by atoms with Gasteiger partial charge in [0.25, 0.3) is 0 Å². The minimum atomic E-state index is -1.02. The topological polar surface area (TPSA) is 92.4 Å². The van der Waals surface area contributed by atoms with Crippen LogP contribution < -0.4 is 11.1 Å². The molecule has 0 saturated heterocycles. The first-order valence-electron chi connectivity index (χ1n) is 5.50. The summed E-state index contributed by atoms with van der Waals surface area (Å²) in [5.74, 6) is -0.234. The van der Waals surface area contributed by atoms with Crippen LogP contribution in [0.25, 0.3) is 0 Å². The van der Waals surface area contributed by atoms with Crippen LogP contribution in [-0.2, 0) is 9.59 Å². The Labute approximate surface area is 110 Å². The second-order valence-electron chi connectivity index (χ2n) is 3.68. The van der Waals surface area contributed by atoms with Gasteiger partial charge in [-0.1, -0.05) is 18.2 Å². The molecular formula is C12H16N2O3S. The number of benzene rings is 1. The Bertz CT molecular complexity index is 398. The van der Waals surface area contributed by atoms with Crippen molar-refractivity contribution in [1.82, 2.24) is 0 Å². The van der Waals surface area contributed by atoms with Crippen molar-refractivity contribution in [3.63, 3.8) is 0 Å². The van der Waals surface area contributed by atoms with E-state index in [1.54, 1.807) is 0 Å². The molecule has 0 radical (unpaired) electrons. The van der Waals surface area contributed by atoms with Crippen LogP contribution in [-0.4, -0.2) is 34.5 Å². The number of carboxylic acid groups (broad SMARTS) is 1. The molecule has 1 amide bonds. The number of hydrogen-bond donors (Lipinski definition) is 3. The third-order valence-corrected chi connectivity index (χ3v) is 3.23. The van der Waals surface area contributed by atoms with Crippen molar-refractivity contribution in [2.75, 3.05) is 16.8 Å². The Morgan fingerprint density at radius 1 is 1.33 bits per heavy atom. The van der Waals surface area contributed by atoms with Crippen LogP contribution in [0.4, 0.5) is 5.69 Å². The summed E-state index contributed by atoms with van der Waals surface area (Å²) in [6, 6.07) is 8.31. The summed E-state index contributed by atoms with van der Waals surface area (Å²) in [5.41, 5.74) is 6.10. The van der Waals surface area contributed by atoms with E-state index in [1.807, 2.05) is 30.3 Å². The number of carbonyl (C=O) groups is 2. The normalized spacial score (nSPS) is 11.8. The number of carboxylic acids is 1. The molecule has 1 unspecified atom stereocenters. The van der Waals surface area contributed by atoms with Gasteiger partial charge in [-0.2, -0.15) is 11.8 Å². The molecule has 1 rings (SSSR count). The van der Waals surface area contributed by atoms with Gasteiger partial charge >= 0.3 is 5.97 Å². The maximum Gasteiger partial charge on any atom is 0.321 e. The lowest BCUT2D eigenvalue weighted by Crippen LogP contribution is -2.32. The van der Waals surface area contributed by atoms with Crippen LogP contribution in [0.1, 0.15) is 6.42 Å². The second kappa shape index (κ2) is 7.73. The highest BCUT2D eigenvalue weighted by atomic mass is 32.2. The lowest BCUT2D eigenvalue weighted by atomic mass is 10.3. The van der Waals surface area contributed by atoms with Crippen LogP contribution >= 0.6 is 11.8 Å². The number of carbonyl (C=O) groups excluding carboxylic acids is 1. The van der Waals surface area contributed by atoms with Gasteiger partial charge in [-0.05, 0) is 12.1 Å². The number of aliphatic carboxylic acids is 1. The number of rotatable bonds is 7. The molecule has 1 aromatic carbocycles. The van der Waals surface area contributed by atoms with Crippen LogP contribution in [0.15, 0.2) is 30.3 Å². The highest BCUT2D eigenvalue weighted by molar-refractivity contribution is 7.99. The number of nitrogens with two attached hydrogens (primary N) is 1. The van der Waals surface area contributed by atoms with Crippen LogP contribution in [0, 0.1) is 0 Å². The van der Waals surface area contributed by atoms with Crippen molar-refractivity contribution < 1.29 is 14.7 Å². The lowest BCUT2D eigenvalue weighted by molar-refractivity contribution is -0.137. The maximum atomic E-state index is 11.5. The van der Waals surface area contributed by atoms with Gasteiger partial charge in [0, 0.05) is 23.6 Å². The standard InChI is InChI=1S/C12H16N2O3S/c13-10(12(16)17)8-18-7-6-11(15)14-9-4-2-1-3-5-9/h1-5,10H,6-8,13H2,(H,14,15)(H,16,17). The van der Waals surface area contributed by atoms with E-state index >= 15 is 0 Å². The molecular weight excluding hydrogens is 252 g/mol. The van der Waals surface area contributed by atoms with Gasteiger partial charge in [-0.3, -0.25) is 9.59 Å². The van der Waals surface area contributed by atoms with Gasteiger partial charge in [0.1, 0.15) is 6.04 Å². The molecule has 0 aliphatic heterocycles. The minimum absolute atomic E-state index is 0.0856. The maximum absolute atomic E-state index is 11.5. The van der Waals surface area contributed by atoms with Gasteiger partial charge in [0.2, 0.25) is 5.91 Å². The Morgan fingerprint density at radius 2 is 2.00 bits per heavy atom. The average molecular weight is 268 g/mol. The summed E-state index contributed by atoms with van der Waals surface area (Å²) < 4.78 is 0. The Hall–Kier alpha value is -1.53. The van der Waals surface area contributed by atoms with Crippen molar-refractivity contribution in [1.29, 1.82) is 0 Å². The molecule has 6 heteroatoms. The first-order valence-corrected chi connectivity index (χ1v) is 6.66. The van der Waals surface area contributed by atoms with E-state index in [1.165, 1.54) is 11.8 Å². The molecule has 1 atom stereocenters. The molecule has 18 heavy (non-hydrogen) atoms. The minimum Gasteiger partial charge on any atom is -0.480 e. The highest BCUT2D eigenvalue weighted by Gasteiger charge is 2.11.